The number of anilines is 1. The average Bonchev–Trinajstić information content (AvgIpc) is 2.40. The van der Waals surface area contributed by atoms with Gasteiger partial charge < -0.3 is 30.6 Å². The van der Waals surface area contributed by atoms with Gasteiger partial charge in [0.05, 0.1) is 6.61 Å². The van der Waals surface area contributed by atoms with Crippen molar-refractivity contribution in [1.82, 2.24) is 0 Å². The fraction of sp³-hybridized carbons (Fsp3) is 0.455. The molecule has 0 spiro atoms. The van der Waals surface area contributed by atoms with Crippen LogP contribution >= 0.6 is 0 Å². The lowest BCUT2D eigenvalue weighted by Gasteiger charge is -2.35. The lowest BCUT2D eigenvalue weighted by Crippen LogP contribution is -2.99. The van der Waals surface area contributed by atoms with Crippen LogP contribution in [0.2, 0.25) is 0 Å². The molecular formula is C11H16N2O6. The van der Waals surface area contributed by atoms with Gasteiger partial charge in [0.1, 0.15) is 18.3 Å². The standard InChI is InChI=1S/C11H16N2O6/c14-8-5-19-11(10(16)9(8)15)12-6-2-1-3-7(4-6)13(17)18/h1-4,8-17H,5H2/t8-,9-,10+,11+/m1/s1. The van der Waals surface area contributed by atoms with Crippen molar-refractivity contribution in [1.29, 1.82) is 0 Å². The molecule has 1 fully saturated rings. The smallest absolute Gasteiger partial charge is 0.165 e. The molecule has 0 bridgehead atoms. The van der Waals surface area contributed by atoms with Crippen LogP contribution in [0.3, 0.4) is 0 Å². The number of quaternary nitrogens is 1. The van der Waals surface area contributed by atoms with E-state index in [2.05, 4.69) is 5.32 Å². The molecule has 0 amide bonds. The van der Waals surface area contributed by atoms with Crippen molar-refractivity contribution in [2.24, 2.45) is 0 Å². The summed E-state index contributed by atoms with van der Waals surface area (Å²) in [5, 5.41) is 50.0. The van der Waals surface area contributed by atoms with Crippen molar-refractivity contribution in [3.05, 3.63) is 29.5 Å². The van der Waals surface area contributed by atoms with E-state index in [-0.39, 0.29) is 12.3 Å². The molecule has 8 nitrogen and oxygen atoms in total. The fourth-order valence-corrected chi connectivity index (χ4v) is 1.84. The van der Waals surface area contributed by atoms with Gasteiger partial charge in [0, 0.05) is 17.8 Å². The fourth-order valence-electron chi connectivity index (χ4n) is 1.84. The van der Waals surface area contributed by atoms with Crippen LogP contribution in [-0.4, -0.2) is 51.7 Å². The minimum absolute atomic E-state index is 0.0934. The van der Waals surface area contributed by atoms with E-state index in [4.69, 9.17) is 9.94 Å². The SMILES string of the molecule is [O-][NH+](O)c1cccc(N[C@H]2OC[C@@H](O)[C@@H](O)[C@@H]2O)c1. The highest BCUT2D eigenvalue weighted by Gasteiger charge is 2.37. The molecule has 0 aliphatic carbocycles. The Hall–Kier alpha value is -1.26. The van der Waals surface area contributed by atoms with Crippen LogP contribution in [-0.2, 0) is 4.74 Å². The summed E-state index contributed by atoms with van der Waals surface area (Å²) >= 11 is 0. The molecule has 8 heteroatoms. The maximum Gasteiger partial charge on any atom is 0.165 e. The summed E-state index contributed by atoms with van der Waals surface area (Å²) in [4.78, 5) is 0. The number of hydrogen-bond acceptors (Lipinski definition) is 7. The number of aliphatic hydroxyl groups excluding tert-OH is 3. The molecule has 1 unspecified atom stereocenters. The van der Waals surface area contributed by atoms with Crippen molar-refractivity contribution in [3.8, 4) is 0 Å². The molecule has 6 N–H and O–H groups in total. The second kappa shape index (κ2) is 5.80. The van der Waals surface area contributed by atoms with Gasteiger partial charge in [0.25, 0.3) is 0 Å². The molecule has 1 aliphatic rings. The maximum absolute atomic E-state index is 10.8. The summed E-state index contributed by atoms with van der Waals surface area (Å²) < 4.78 is 5.16. The summed E-state index contributed by atoms with van der Waals surface area (Å²) in [6, 6.07) is 5.98. The minimum Gasteiger partial charge on any atom is -0.595 e. The Morgan fingerprint density at radius 2 is 2.00 bits per heavy atom. The normalized spacial score (nSPS) is 32.9. The second-order valence-corrected chi connectivity index (χ2v) is 4.33. The van der Waals surface area contributed by atoms with E-state index >= 15 is 0 Å². The van der Waals surface area contributed by atoms with Crippen molar-refractivity contribution in [3.63, 3.8) is 0 Å². The monoisotopic (exact) mass is 272 g/mol. The summed E-state index contributed by atoms with van der Waals surface area (Å²) in [5.41, 5.74) is 0.531. The average molecular weight is 272 g/mol. The molecule has 0 aromatic heterocycles. The van der Waals surface area contributed by atoms with Gasteiger partial charge in [-0.25, -0.2) is 5.21 Å². The van der Waals surface area contributed by atoms with Gasteiger partial charge in [-0.05, 0) is 6.07 Å². The molecule has 1 aliphatic heterocycles. The molecule has 1 aromatic rings. The van der Waals surface area contributed by atoms with Gasteiger partial charge >= 0.3 is 0 Å². The summed E-state index contributed by atoms with van der Waals surface area (Å²) in [7, 11) is 0. The number of hydrogen-bond donors (Lipinski definition) is 6. The molecule has 1 saturated heterocycles. The predicted molar refractivity (Wildman–Crippen MR) is 63.6 cm³/mol. The first-order chi connectivity index (χ1) is 8.99. The first kappa shape index (κ1) is 14.2. The zero-order valence-corrected chi connectivity index (χ0v) is 9.93. The highest BCUT2D eigenvalue weighted by molar-refractivity contribution is 5.51. The van der Waals surface area contributed by atoms with Crippen molar-refractivity contribution in [2.45, 2.75) is 24.5 Å². The molecule has 2 rings (SSSR count). The summed E-state index contributed by atoms with van der Waals surface area (Å²) in [5.74, 6) is 0. The Morgan fingerprint density at radius 1 is 1.26 bits per heavy atom. The van der Waals surface area contributed by atoms with E-state index < -0.39 is 29.8 Å². The molecule has 106 valence electrons. The quantitative estimate of drug-likeness (QED) is 0.349. The highest BCUT2D eigenvalue weighted by Crippen LogP contribution is 2.19. The molecule has 5 atom stereocenters. The lowest BCUT2D eigenvalue weighted by molar-refractivity contribution is -0.991. The maximum atomic E-state index is 10.8. The van der Waals surface area contributed by atoms with Gasteiger partial charge in [-0.2, -0.15) is 5.23 Å². The van der Waals surface area contributed by atoms with Gasteiger partial charge in [-0.3, -0.25) is 0 Å². The summed E-state index contributed by atoms with van der Waals surface area (Å²) in [6.07, 6.45) is -4.67. The van der Waals surface area contributed by atoms with Crippen LogP contribution in [0.5, 0.6) is 0 Å². The van der Waals surface area contributed by atoms with Crippen LogP contribution in [0.4, 0.5) is 11.4 Å². The zero-order valence-electron chi connectivity index (χ0n) is 9.93. The van der Waals surface area contributed by atoms with Gasteiger partial charge in [-0.1, -0.05) is 6.07 Å². The Balaban J connectivity index is 2.06. The third kappa shape index (κ3) is 3.19. The van der Waals surface area contributed by atoms with Crippen molar-refractivity contribution >= 4 is 11.4 Å². The van der Waals surface area contributed by atoms with Crippen molar-refractivity contribution in [2.75, 3.05) is 11.9 Å². The number of rotatable bonds is 3. The number of aliphatic hydroxyl groups is 3. The molecule has 0 saturated carbocycles. The zero-order chi connectivity index (χ0) is 14.0. The largest absolute Gasteiger partial charge is 0.595 e. The molecule has 1 heterocycles. The Kier molecular flexibility index (Phi) is 4.32. The minimum atomic E-state index is -1.31. The number of ether oxygens (including phenoxy) is 1. The van der Waals surface area contributed by atoms with E-state index in [0.717, 1.165) is 0 Å². The van der Waals surface area contributed by atoms with Gasteiger partial charge in [0.2, 0.25) is 0 Å². The molecule has 1 aromatic carbocycles. The van der Waals surface area contributed by atoms with Gasteiger partial charge in [-0.15, -0.1) is 0 Å². The van der Waals surface area contributed by atoms with E-state index in [1.165, 1.54) is 12.1 Å². The van der Waals surface area contributed by atoms with E-state index in [1.54, 1.807) is 12.1 Å². The topological polar surface area (TPSA) is 130 Å². The highest BCUT2D eigenvalue weighted by atomic mass is 16.8. The van der Waals surface area contributed by atoms with Crippen LogP contribution < -0.4 is 10.5 Å². The third-order valence-electron chi connectivity index (χ3n) is 2.92. The molecule has 19 heavy (non-hydrogen) atoms. The van der Waals surface area contributed by atoms with Crippen LogP contribution in [0.15, 0.2) is 24.3 Å². The first-order valence-corrected chi connectivity index (χ1v) is 5.74. The van der Waals surface area contributed by atoms with Crippen LogP contribution in [0.25, 0.3) is 0 Å². The Labute approximate surface area is 109 Å². The molecule has 0 radical (unpaired) electrons. The first-order valence-electron chi connectivity index (χ1n) is 5.74. The van der Waals surface area contributed by atoms with E-state index in [1.807, 2.05) is 0 Å². The Morgan fingerprint density at radius 3 is 2.68 bits per heavy atom. The molecular weight excluding hydrogens is 256 g/mol. The number of nitrogens with one attached hydrogen (secondary N) is 2. The second-order valence-electron chi connectivity index (χ2n) is 4.33. The van der Waals surface area contributed by atoms with Crippen LogP contribution in [0, 0.1) is 5.21 Å². The predicted octanol–water partition coefficient (Wildman–Crippen LogP) is -2.06. The number of benzene rings is 1. The van der Waals surface area contributed by atoms with E-state index in [9.17, 15) is 20.5 Å². The lowest BCUT2D eigenvalue weighted by atomic mass is 10.0. The van der Waals surface area contributed by atoms with Crippen LogP contribution in [0.1, 0.15) is 0 Å². The Bertz CT molecular complexity index is 429. The van der Waals surface area contributed by atoms with Crippen molar-refractivity contribution < 1.29 is 30.5 Å². The summed E-state index contributed by atoms with van der Waals surface area (Å²) in [6.45, 7) is -0.117. The van der Waals surface area contributed by atoms with Gasteiger partial charge in [0.15, 0.2) is 11.9 Å². The van der Waals surface area contributed by atoms with E-state index in [0.29, 0.717) is 5.69 Å². The third-order valence-corrected chi connectivity index (χ3v) is 2.92.